The molecule has 2 fully saturated rings. The van der Waals surface area contributed by atoms with Gasteiger partial charge >= 0.3 is 12.1 Å². The first-order valence-corrected chi connectivity index (χ1v) is 16.5. The second-order valence-corrected chi connectivity index (χ2v) is 13.0. The van der Waals surface area contributed by atoms with Crippen molar-refractivity contribution in [1.82, 2.24) is 15.5 Å². The van der Waals surface area contributed by atoms with Crippen molar-refractivity contribution < 1.29 is 41.1 Å². The minimum absolute atomic E-state index is 0.0125. The van der Waals surface area contributed by atoms with E-state index in [1.165, 1.54) is 30.4 Å². The Balaban J connectivity index is 1.28. The average molecular weight is 699 g/mol. The van der Waals surface area contributed by atoms with Crippen LogP contribution in [0.15, 0.2) is 54.6 Å². The number of carbonyl (C=O) groups excluding carboxylic acids is 4. The molecule has 0 spiro atoms. The number of likely N-dealkylation sites (tertiary alicyclic amines) is 1. The lowest BCUT2D eigenvalue weighted by Gasteiger charge is -2.32. The number of nitrogens with one attached hydrogen (secondary N) is 2. The van der Waals surface area contributed by atoms with Crippen LogP contribution in [0.2, 0.25) is 0 Å². The predicted octanol–water partition coefficient (Wildman–Crippen LogP) is 5.90. The van der Waals surface area contributed by atoms with Crippen LogP contribution < -0.4 is 15.5 Å². The number of aryl methyl sites for hydroxylation is 2. The zero-order chi connectivity index (χ0) is 36.3. The number of nitrogens with zero attached hydrogens (tertiary/aromatic N) is 2. The summed E-state index contributed by atoms with van der Waals surface area (Å²) < 4.78 is 68.6. The van der Waals surface area contributed by atoms with Gasteiger partial charge in [-0.15, -0.1) is 0 Å². The molecule has 3 aliphatic rings. The Bertz CT molecular complexity index is 1750. The molecule has 2 aromatic rings. The van der Waals surface area contributed by atoms with Crippen LogP contribution in [-0.2, 0) is 25.6 Å². The second kappa shape index (κ2) is 15.0. The summed E-state index contributed by atoms with van der Waals surface area (Å²) in [5, 5.41) is 5.22. The molecule has 1 saturated carbocycles. The molecule has 0 radical (unpaired) electrons. The fourth-order valence-electron chi connectivity index (χ4n) is 6.20. The molecule has 1 unspecified atom stereocenters. The molecule has 2 aromatic carbocycles. The quantitative estimate of drug-likeness (QED) is 0.184. The third-order valence-electron chi connectivity index (χ3n) is 9.16. The van der Waals surface area contributed by atoms with Crippen LogP contribution in [0.25, 0.3) is 12.2 Å². The number of hydrogen-bond acceptors (Lipinski definition) is 4. The monoisotopic (exact) mass is 698 g/mol. The van der Waals surface area contributed by atoms with Gasteiger partial charge in [0, 0.05) is 24.2 Å². The molecule has 1 saturated heterocycles. The van der Waals surface area contributed by atoms with Crippen LogP contribution in [0.5, 0.6) is 0 Å². The standard InChI is InChI=1S/C37H39F5N4O4/c1-21-7-13-28(38)16-25(21)11-6-22(2)34(48)43-19-33(47)46-20-29(39)17-32(46)35(49)44-23(3)30-18-31-27(15-26(30)12-10-24-8-9-24)5-4-14-45(31)36(50)37(40,41)42/h6-7,10-13,15-16,18,23-24,29,32H,2,4-5,8-9,14,17,19-20H2,1,3H3,(H,43,48)(H,44,49)/b11-6-,12-10+/t23-,29+,32?/m0/s1. The first-order chi connectivity index (χ1) is 23.6. The molecule has 2 heterocycles. The molecule has 3 atom stereocenters. The molecule has 5 rings (SSSR count). The van der Waals surface area contributed by atoms with Crippen molar-refractivity contribution in [3.05, 3.63) is 88.3 Å². The molecule has 266 valence electrons. The minimum Gasteiger partial charge on any atom is -0.348 e. The van der Waals surface area contributed by atoms with E-state index in [1.54, 1.807) is 26.0 Å². The minimum atomic E-state index is -5.06. The molecule has 0 aromatic heterocycles. The van der Waals surface area contributed by atoms with Crippen molar-refractivity contribution in [2.45, 2.75) is 70.4 Å². The van der Waals surface area contributed by atoms with Crippen molar-refractivity contribution in [1.29, 1.82) is 0 Å². The van der Waals surface area contributed by atoms with E-state index in [0.29, 0.717) is 41.0 Å². The van der Waals surface area contributed by atoms with Gasteiger partial charge < -0.3 is 20.4 Å². The highest BCUT2D eigenvalue weighted by Crippen LogP contribution is 2.37. The van der Waals surface area contributed by atoms with Crippen molar-refractivity contribution in [2.75, 3.05) is 24.5 Å². The van der Waals surface area contributed by atoms with E-state index in [4.69, 9.17) is 0 Å². The van der Waals surface area contributed by atoms with Crippen LogP contribution in [-0.4, -0.2) is 66.6 Å². The summed E-state index contributed by atoms with van der Waals surface area (Å²) in [6.45, 7) is 6.06. The largest absolute Gasteiger partial charge is 0.471 e. The highest BCUT2D eigenvalue weighted by Gasteiger charge is 2.44. The number of fused-ring (bicyclic) bond motifs is 1. The summed E-state index contributed by atoms with van der Waals surface area (Å²) >= 11 is 0. The number of alkyl halides is 4. The Kier molecular flexibility index (Phi) is 10.9. The highest BCUT2D eigenvalue weighted by atomic mass is 19.4. The molecule has 2 N–H and O–H groups in total. The lowest BCUT2D eigenvalue weighted by molar-refractivity contribution is -0.170. The Morgan fingerprint density at radius 1 is 1.08 bits per heavy atom. The van der Waals surface area contributed by atoms with E-state index < -0.39 is 60.4 Å². The van der Waals surface area contributed by atoms with E-state index in [-0.39, 0.29) is 30.8 Å². The first-order valence-electron chi connectivity index (χ1n) is 16.5. The van der Waals surface area contributed by atoms with Crippen LogP contribution in [0.3, 0.4) is 0 Å². The van der Waals surface area contributed by atoms with E-state index in [2.05, 4.69) is 17.2 Å². The molecular formula is C37H39F5N4O4. The van der Waals surface area contributed by atoms with E-state index in [0.717, 1.165) is 28.2 Å². The number of rotatable bonds is 10. The lowest BCUT2D eigenvalue weighted by atomic mass is 9.92. The van der Waals surface area contributed by atoms with Gasteiger partial charge in [-0.3, -0.25) is 19.2 Å². The molecule has 4 amide bonds. The molecule has 8 nitrogen and oxygen atoms in total. The summed E-state index contributed by atoms with van der Waals surface area (Å²) in [6, 6.07) is 5.45. The van der Waals surface area contributed by atoms with Gasteiger partial charge in [0.15, 0.2) is 0 Å². The normalized spacial score (nSPS) is 19.8. The molecule has 2 aliphatic heterocycles. The topological polar surface area (TPSA) is 98.8 Å². The van der Waals surface area contributed by atoms with Crippen molar-refractivity contribution >= 4 is 41.5 Å². The summed E-state index contributed by atoms with van der Waals surface area (Å²) in [4.78, 5) is 53.4. The molecule has 13 heteroatoms. The summed E-state index contributed by atoms with van der Waals surface area (Å²) in [5.74, 6) is -4.09. The molecule has 1 aliphatic carbocycles. The smallest absolute Gasteiger partial charge is 0.348 e. The number of benzene rings is 2. The zero-order valence-corrected chi connectivity index (χ0v) is 27.8. The number of halogens is 5. The maximum absolute atomic E-state index is 14.7. The first kappa shape index (κ1) is 36.5. The van der Waals surface area contributed by atoms with Gasteiger partial charge in [-0.05, 0) is 104 Å². The Morgan fingerprint density at radius 3 is 2.52 bits per heavy atom. The average Bonchev–Trinajstić information content (AvgIpc) is 3.82. The predicted molar refractivity (Wildman–Crippen MR) is 179 cm³/mol. The van der Waals surface area contributed by atoms with Crippen LogP contribution in [0.1, 0.15) is 66.5 Å². The Hall–Kier alpha value is -4.81. The highest BCUT2D eigenvalue weighted by molar-refractivity contribution is 6.00. The number of hydrogen-bond donors (Lipinski definition) is 2. The van der Waals surface area contributed by atoms with Gasteiger partial charge in [0.25, 0.3) is 5.91 Å². The SMILES string of the molecule is C=C(/C=C\c1cc(F)ccc1C)C(=O)NCC(=O)N1C[C@H](F)CC1C(=O)N[C@@H](C)c1cc2c(cc1/C=C/C1CC1)CCCN2C(=O)C(F)(F)F. The second-order valence-electron chi connectivity index (χ2n) is 13.0. The molecule has 0 bridgehead atoms. The van der Waals surface area contributed by atoms with Gasteiger partial charge in [-0.2, -0.15) is 13.2 Å². The fraction of sp³-hybridized carbons (Fsp3) is 0.405. The van der Waals surface area contributed by atoms with Crippen LogP contribution in [0, 0.1) is 18.7 Å². The lowest BCUT2D eigenvalue weighted by Crippen LogP contribution is -2.49. The van der Waals surface area contributed by atoms with E-state index in [9.17, 15) is 41.1 Å². The maximum atomic E-state index is 14.7. The number of allylic oxidation sites excluding steroid dienone is 1. The van der Waals surface area contributed by atoms with Crippen molar-refractivity contribution in [3.8, 4) is 0 Å². The summed E-state index contributed by atoms with van der Waals surface area (Å²) in [6.07, 6.45) is 2.80. The van der Waals surface area contributed by atoms with Crippen LogP contribution in [0.4, 0.5) is 27.6 Å². The third kappa shape index (κ3) is 8.67. The summed E-state index contributed by atoms with van der Waals surface area (Å²) in [5.41, 5.74) is 3.16. The van der Waals surface area contributed by atoms with Gasteiger partial charge in [0.2, 0.25) is 11.8 Å². The summed E-state index contributed by atoms with van der Waals surface area (Å²) in [7, 11) is 0. The van der Waals surface area contributed by atoms with Gasteiger partial charge in [-0.1, -0.05) is 30.9 Å². The van der Waals surface area contributed by atoms with Gasteiger partial charge in [-0.25, -0.2) is 8.78 Å². The number of anilines is 1. The number of amides is 4. The van der Waals surface area contributed by atoms with Gasteiger partial charge in [0.1, 0.15) is 18.0 Å². The Labute approximate surface area is 287 Å². The molecular weight excluding hydrogens is 659 g/mol. The third-order valence-corrected chi connectivity index (χ3v) is 9.16. The zero-order valence-electron chi connectivity index (χ0n) is 27.8. The fourth-order valence-corrected chi connectivity index (χ4v) is 6.20. The van der Waals surface area contributed by atoms with Gasteiger partial charge in [0.05, 0.1) is 19.1 Å². The van der Waals surface area contributed by atoms with Crippen molar-refractivity contribution in [3.63, 3.8) is 0 Å². The van der Waals surface area contributed by atoms with Crippen molar-refractivity contribution in [2.24, 2.45) is 5.92 Å². The maximum Gasteiger partial charge on any atom is 0.471 e. The van der Waals surface area contributed by atoms with Crippen LogP contribution >= 0.6 is 0 Å². The van der Waals surface area contributed by atoms with E-state index >= 15 is 0 Å². The number of carbonyl (C=O) groups is 4. The van der Waals surface area contributed by atoms with E-state index in [1.807, 2.05) is 12.2 Å². The molecule has 50 heavy (non-hydrogen) atoms. The Morgan fingerprint density at radius 2 is 1.82 bits per heavy atom.